The number of amides is 3. The molecule has 7 rings (SSSR count). The van der Waals surface area contributed by atoms with Crippen LogP contribution in [0.3, 0.4) is 0 Å². The number of hydrogen-bond acceptors (Lipinski definition) is 6. The first-order valence-electron chi connectivity index (χ1n) is 15.0. The van der Waals surface area contributed by atoms with E-state index in [1.165, 1.54) is 33.9 Å². The lowest BCUT2D eigenvalue weighted by Crippen LogP contribution is -2.42. The molecule has 2 aliphatic carbocycles. The van der Waals surface area contributed by atoms with E-state index in [2.05, 4.69) is 55.3 Å². The number of likely N-dealkylation sites (tertiary alicyclic amines) is 1. The molecule has 0 spiro atoms. The van der Waals surface area contributed by atoms with Gasteiger partial charge in [0.1, 0.15) is 0 Å². The molecule has 3 aromatic rings. The maximum absolute atomic E-state index is 13.8. The second kappa shape index (κ2) is 10.6. The summed E-state index contributed by atoms with van der Waals surface area (Å²) in [5, 5.41) is 3.36. The van der Waals surface area contributed by atoms with Gasteiger partial charge in [0.25, 0.3) is 0 Å². The summed E-state index contributed by atoms with van der Waals surface area (Å²) in [7, 11) is 0. The highest BCUT2D eigenvalue weighted by atomic mass is 32.2. The predicted octanol–water partition coefficient (Wildman–Crippen LogP) is 6.25. The lowest BCUT2D eigenvalue weighted by Gasteiger charge is -2.43. The molecular weight excluding hydrogens is 624 g/mol. The molecule has 2 N–H and O–H groups in total. The zero-order valence-electron chi connectivity index (χ0n) is 24.8. The minimum atomic E-state index is -4.55. The van der Waals surface area contributed by atoms with Crippen LogP contribution < -0.4 is 10.2 Å². The van der Waals surface area contributed by atoms with Crippen LogP contribution in [0.25, 0.3) is 0 Å². The normalized spacial score (nSPS) is 28.7. The number of thiazole rings is 1. The molecule has 7 unspecified atom stereocenters. The van der Waals surface area contributed by atoms with Gasteiger partial charge < -0.3 is 10.3 Å². The van der Waals surface area contributed by atoms with Crippen LogP contribution in [0.5, 0.6) is 0 Å². The van der Waals surface area contributed by atoms with Gasteiger partial charge in [0.05, 0.1) is 22.4 Å². The molecular formula is C33H32F3N3O4S2. The number of imide groups is 1. The molecule has 2 aliphatic heterocycles. The Hall–Kier alpha value is -3.38. The molecule has 45 heavy (non-hydrogen) atoms. The highest BCUT2D eigenvalue weighted by Gasteiger charge is 2.69. The predicted molar refractivity (Wildman–Crippen MR) is 165 cm³/mol. The number of aromatic nitrogens is 1. The van der Waals surface area contributed by atoms with Gasteiger partial charge in [-0.15, -0.1) is 11.8 Å². The Morgan fingerprint density at radius 3 is 2.33 bits per heavy atom. The molecule has 2 saturated carbocycles. The van der Waals surface area contributed by atoms with Gasteiger partial charge in [-0.3, -0.25) is 24.1 Å². The number of rotatable bonds is 5. The fourth-order valence-corrected chi connectivity index (χ4v) is 11.0. The van der Waals surface area contributed by atoms with Crippen molar-refractivity contribution in [3.05, 3.63) is 79.8 Å². The van der Waals surface area contributed by atoms with Crippen molar-refractivity contribution in [1.82, 2.24) is 9.88 Å². The first-order valence-corrected chi connectivity index (χ1v) is 16.7. The van der Waals surface area contributed by atoms with E-state index in [0.717, 1.165) is 34.0 Å². The monoisotopic (exact) mass is 655 g/mol. The average Bonchev–Trinajstić information content (AvgIpc) is 3.70. The lowest BCUT2D eigenvalue weighted by atomic mass is 9.68. The largest absolute Gasteiger partial charge is 0.416 e. The van der Waals surface area contributed by atoms with E-state index in [-0.39, 0.29) is 69.7 Å². The van der Waals surface area contributed by atoms with E-state index in [1.54, 1.807) is 11.8 Å². The summed E-state index contributed by atoms with van der Waals surface area (Å²) < 4.78 is 39.2. The van der Waals surface area contributed by atoms with E-state index in [0.29, 0.717) is 0 Å². The van der Waals surface area contributed by atoms with Crippen LogP contribution in [-0.4, -0.2) is 39.4 Å². The number of halogens is 3. The number of nitrogens with one attached hydrogen (secondary N) is 2. The third-order valence-electron chi connectivity index (χ3n) is 9.99. The maximum atomic E-state index is 13.8. The Morgan fingerprint density at radius 2 is 1.67 bits per heavy atom. The van der Waals surface area contributed by atoms with Crippen molar-refractivity contribution in [3.63, 3.8) is 0 Å². The van der Waals surface area contributed by atoms with Crippen molar-refractivity contribution in [1.29, 1.82) is 0 Å². The summed E-state index contributed by atoms with van der Waals surface area (Å²) in [5.41, 5.74) is 1.40. The van der Waals surface area contributed by atoms with Gasteiger partial charge in [0.2, 0.25) is 17.7 Å². The molecule has 2 bridgehead atoms. The number of carbonyl (C=O) groups excluding carboxylic acids is 3. The number of nitrogens with zero attached hydrogens (tertiary/aromatic N) is 1. The average molecular weight is 656 g/mol. The zero-order chi connectivity index (χ0) is 32.0. The topological polar surface area (TPSA) is 99.3 Å². The van der Waals surface area contributed by atoms with Crippen molar-refractivity contribution >= 4 is 46.5 Å². The van der Waals surface area contributed by atoms with Crippen molar-refractivity contribution in [2.45, 2.75) is 61.4 Å². The first-order chi connectivity index (χ1) is 21.2. The molecule has 4 aliphatic rings. The third-order valence-corrected chi connectivity index (χ3v) is 12.6. The molecule has 3 fully saturated rings. The second-order valence-electron chi connectivity index (χ2n) is 13.5. The fourth-order valence-electron chi connectivity index (χ4n) is 8.07. The third kappa shape index (κ3) is 5.04. The lowest BCUT2D eigenvalue weighted by molar-refractivity contribution is -0.141. The highest BCUT2D eigenvalue weighted by Crippen LogP contribution is 2.68. The molecule has 3 amide bonds. The molecule has 236 valence electrons. The number of hydrogen-bond donors (Lipinski definition) is 2. The van der Waals surface area contributed by atoms with E-state index < -0.39 is 29.5 Å². The number of H-pyrrole nitrogens is 1. The van der Waals surface area contributed by atoms with Crippen LogP contribution in [0.15, 0.2) is 58.4 Å². The van der Waals surface area contributed by atoms with Gasteiger partial charge >= 0.3 is 11.0 Å². The van der Waals surface area contributed by atoms with Crippen molar-refractivity contribution in [3.8, 4) is 0 Å². The SMILES string of the molecule is CC(C)(C)c1ccc(C2c3sc(=O)[nH]c3SC3C4CC(C5C(=O)N(CCC(=O)Nc6cccc(C(F)(F)F)c6)C(=O)C45)C23)cc1. The fraction of sp³-hybridized carbons (Fsp3) is 0.455. The number of alkyl halides is 3. The Balaban J connectivity index is 1.11. The highest BCUT2D eigenvalue weighted by molar-refractivity contribution is 8.00. The van der Waals surface area contributed by atoms with Gasteiger partial charge in [-0.2, -0.15) is 13.2 Å². The number of carbonyl (C=O) groups is 3. The number of fused-ring (bicyclic) bond motifs is 9. The first kappa shape index (κ1) is 30.3. The molecule has 1 saturated heterocycles. The summed E-state index contributed by atoms with van der Waals surface area (Å²) >= 11 is 2.84. The van der Waals surface area contributed by atoms with Crippen LogP contribution >= 0.6 is 23.1 Å². The van der Waals surface area contributed by atoms with Crippen molar-refractivity contribution in [2.75, 3.05) is 11.9 Å². The maximum Gasteiger partial charge on any atom is 0.416 e. The second-order valence-corrected chi connectivity index (χ2v) is 15.7. The number of thioether (sulfide) groups is 1. The van der Waals surface area contributed by atoms with Gasteiger partial charge in [0.15, 0.2) is 0 Å². The van der Waals surface area contributed by atoms with E-state index in [1.807, 2.05) is 0 Å². The van der Waals surface area contributed by atoms with Crippen molar-refractivity contribution < 1.29 is 27.6 Å². The Kier molecular flexibility index (Phi) is 7.12. The van der Waals surface area contributed by atoms with Gasteiger partial charge in [0, 0.05) is 34.7 Å². The van der Waals surface area contributed by atoms with Gasteiger partial charge in [-0.1, -0.05) is 62.4 Å². The van der Waals surface area contributed by atoms with Crippen LogP contribution in [0, 0.1) is 29.6 Å². The minimum Gasteiger partial charge on any atom is -0.326 e. The van der Waals surface area contributed by atoms with Gasteiger partial charge in [-0.05, 0) is 58.9 Å². The van der Waals surface area contributed by atoms with E-state index in [4.69, 9.17) is 0 Å². The van der Waals surface area contributed by atoms with Crippen LogP contribution in [0.2, 0.25) is 0 Å². The number of aromatic amines is 1. The standard InChI is InChI=1S/C33H32F3N3O4S2/c1-32(2,3)16-9-7-15(8-10-16)22-23-19-14-20(26(23)44-28-27(22)45-31(43)38-28)25-24(19)29(41)39(30(25)42)12-11-21(40)37-18-6-4-5-17(13-18)33(34,35)36/h4-10,13,19-20,22-26H,11-12,14H2,1-3H3,(H,37,40)(H,38,43). The van der Waals surface area contributed by atoms with Crippen LogP contribution in [0.1, 0.15) is 61.1 Å². The van der Waals surface area contributed by atoms with Gasteiger partial charge in [-0.25, -0.2) is 0 Å². The molecule has 2 aromatic carbocycles. The molecule has 7 nitrogen and oxygen atoms in total. The van der Waals surface area contributed by atoms with Crippen LogP contribution in [0.4, 0.5) is 18.9 Å². The Bertz CT molecular complexity index is 1760. The molecule has 12 heteroatoms. The van der Waals surface area contributed by atoms with Crippen LogP contribution in [-0.2, 0) is 26.0 Å². The number of benzene rings is 2. The zero-order valence-corrected chi connectivity index (χ0v) is 26.4. The summed E-state index contributed by atoms with van der Waals surface area (Å²) in [6.07, 6.45) is -4.00. The smallest absolute Gasteiger partial charge is 0.326 e. The Labute approximate surface area is 266 Å². The van der Waals surface area contributed by atoms with E-state index in [9.17, 15) is 32.3 Å². The summed E-state index contributed by atoms with van der Waals surface area (Å²) in [6, 6.07) is 12.9. The molecule has 3 heterocycles. The Morgan fingerprint density at radius 1 is 0.978 bits per heavy atom. The summed E-state index contributed by atoms with van der Waals surface area (Å²) in [6.45, 7) is 6.34. The quantitative estimate of drug-likeness (QED) is 0.317. The minimum absolute atomic E-state index is 0.00278. The molecule has 1 aromatic heterocycles. The summed E-state index contributed by atoms with van der Waals surface area (Å²) in [4.78, 5) is 57.8. The number of anilines is 1. The van der Waals surface area contributed by atoms with E-state index >= 15 is 0 Å². The summed E-state index contributed by atoms with van der Waals surface area (Å²) in [5.74, 6) is -2.17. The molecule has 0 radical (unpaired) electrons. The molecule has 7 atom stereocenters. The van der Waals surface area contributed by atoms with Crippen molar-refractivity contribution in [2.24, 2.45) is 29.6 Å².